The summed E-state index contributed by atoms with van der Waals surface area (Å²) in [5.74, 6) is -0.0792. The van der Waals surface area contributed by atoms with Crippen molar-refractivity contribution in [1.82, 2.24) is 4.90 Å². The highest BCUT2D eigenvalue weighted by Crippen LogP contribution is 2.56. The fourth-order valence-electron chi connectivity index (χ4n) is 11.7. The summed E-state index contributed by atoms with van der Waals surface area (Å²) in [4.78, 5) is 31.0. The number of ether oxygens (including phenoxy) is 8. The van der Waals surface area contributed by atoms with Crippen LogP contribution in [0, 0.1) is 35.5 Å². The number of Topliss-reactive ketones (excluding diaryl/α,β-unsaturated/α-hetero) is 1. The van der Waals surface area contributed by atoms with Gasteiger partial charge in [0.05, 0.1) is 30.8 Å². The van der Waals surface area contributed by atoms with E-state index in [2.05, 4.69) is 69.1 Å². The molecule has 3 aliphatic carbocycles. The zero-order chi connectivity index (χ0) is 42.0. The van der Waals surface area contributed by atoms with Gasteiger partial charge in [-0.1, -0.05) is 61.9 Å². The largest absolute Gasteiger partial charge is 0.462 e. The average molecular weight is 822 g/mol. The van der Waals surface area contributed by atoms with Crippen molar-refractivity contribution in [2.45, 2.75) is 166 Å². The van der Waals surface area contributed by atoms with Crippen LogP contribution in [0.3, 0.4) is 0 Å². The molecule has 0 radical (unpaired) electrons. The fraction of sp³-hybridized carbons (Fsp3) is 0.750. The normalized spacial score (nSPS) is 41.8. The number of likely N-dealkylation sites (N-methyl/N-ethyl adjacent to an activating group) is 1. The van der Waals surface area contributed by atoms with E-state index in [-0.39, 0.29) is 96.9 Å². The van der Waals surface area contributed by atoms with Gasteiger partial charge in [-0.05, 0) is 114 Å². The summed E-state index contributed by atoms with van der Waals surface area (Å²) in [7, 11) is 7.16. The van der Waals surface area contributed by atoms with Crippen molar-refractivity contribution in [3.8, 4) is 0 Å². The number of rotatable bonds is 11. The first kappa shape index (κ1) is 44.6. The maximum absolute atomic E-state index is 14.9. The number of fused-ring (bicyclic) bond motifs is 5. The van der Waals surface area contributed by atoms with Gasteiger partial charge in [0.2, 0.25) is 0 Å². The van der Waals surface area contributed by atoms with Gasteiger partial charge >= 0.3 is 5.97 Å². The van der Waals surface area contributed by atoms with E-state index in [9.17, 15) is 9.59 Å². The summed E-state index contributed by atoms with van der Waals surface area (Å²) < 4.78 is 50.2. The number of hydrogen-bond acceptors (Lipinski definition) is 11. The summed E-state index contributed by atoms with van der Waals surface area (Å²) >= 11 is 0. The molecule has 0 amide bonds. The van der Waals surface area contributed by atoms with Gasteiger partial charge < -0.3 is 37.9 Å². The predicted octanol–water partition coefficient (Wildman–Crippen LogP) is 7.45. The Hall–Kier alpha value is -2.48. The second-order valence-electron chi connectivity index (χ2n) is 18.4. The second kappa shape index (κ2) is 19.7. The molecule has 7 rings (SSSR count). The van der Waals surface area contributed by atoms with Crippen LogP contribution in [-0.2, 0) is 54.0 Å². The summed E-state index contributed by atoms with van der Waals surface area (Å²) in [6.07, 6.45) is 8.29. The Bertz CT molecular complexity index is 1630. The van der Waals surface area contributed by atoms with Crippen LogP contribution in [0.5, 0.6) is 0 Å². The highest BCUT2D eigenvalue weighted by atomic mass is 16.7. The molecule has 0 aromatic heterocycles. The lowest BCUT2D eigenvalue weighted by Gasteiger charge is -2.44. The second-order valence-corrected chi connectivity index (χ2v) is 18.4. The molecule has 0 N–H and O–H groups in total. The van der Waals surface area contributed by atoms with E-state index in [4.69, 9.17) is 37.9 Å². The van der Waals surface area contributed by atoms with Crippen LogP contribution in [0.4, 0.5) is 0 Å². The molecule has 4 fully saturated rings. The van der Waals surface area contributed by atoms with E-state index in [1.54, 1.807) is 21.3 Å². The standard InChI is InChI=1S/C48H71NO10/c1-10-32-17-14-18-41(59-43-20-19-40(29(4)55-43)49(6)26-31-15-12-11-13-16-31)28(3)44(51)39-24-37-35(38(39)25-42(50)57-32)21-27(2)34-22-33(23-36(34)37)58-48-47(54-9)46(53-8)45(52-7)30(5)56-48/h11-13,15-16,21,24,28-30,32-38,40-41,43,45-48H,10,14,17-20,22-23,25-26H2,1-9H3/t28-,29?,30?,32+,33-,34+,35-,36-,37-,38+,40+,41+,43+,45+,46?,47+,48+/m1/s1. The smallest absolute Gasteiger partial charge is 0.306 e. The molecule has 1 aromatic carbocycles. The van der Waals surface area contributed by atoms with Crippen LogP contribution in [0.1, 0.15) is 98.0 Å². The molecular weight excluding hydrogens is 751 g/mol. The molecule has 3 heterocycles. The van der Waals surface area contributed by atoms with Crippen LogP contribution in [0.25, 0.3) is 0 Å². The molecule has 1 aromatic rings. The van der Waals surface area contributed by atoms with E-state index in [1.165, 1.54) is 11.1 Å². The molecule has 11 nitrogen and oxygen atoms in total. The van der Waals surface area contributed by atoms with Gasteiger partial charge in [-0.15, -0.1) is 0 Å². The Kier molecular flexibility index (Phi) is 14.9. The van der Waals surface area contributed by atoms with Crippen LogP contribution in [0.2, 0.25) is 0 Å². The number of methoxy groups -OCH3 is 3. The number of carbonyl (C=O) groups is 2. The molecule has 328 valence electrons. The van der Waals surface area contributed by atoms with E-state index >= 15 is 0 Å². The third kappa shape index (κ3) is 9.63. The monoisotopic (exact) mass is 822 g/mol. The fourth-order valence-corrected chi connectivity index (χ4v) is 11.7. The summed E-state index contributed by atoms with van der Waals surface area (Å²) in [5.41, 5.74) is 3.35. The maximum atomic E-state index is 14.9. The van der Waals surface area contributed by atoms with Gasteiger partial charge in [-0.25, -0.2) is 0 Å². The molecule has 1 saturated carbocycles. The molecule has 3 saturated heterocycles. The minimum Gasteiger partial charge on any atom is -0.462 e. The topological polar surface area (TPSA) is 111 Å². The van der Waals surface area contributed by atoms with Crippen molar-refractivity contribution in [2.75, 3.05) is 28.4 Å². The Balaban J connectivity index is 1.08. The molecule has 6 aliphatic rings. The van der Waals surface area contributed by atoms with Crippen LogP contribution in [-0.4, -0.2) is 112 Å². The first-order chi connectivity index (χ1) is 28.4. The molecule has 59 heavy (non-hydrogen) atoms. The number of carbonyl (C=O) groups excluding carboxylic acids is 2. The molecule has 3 aliphatic heterocycles. The Morgan fingerprint density at radius 1 is 0.797 bits per heavy atom. The predicted molar refractivity (Wildman–Crippen MR) is 223 cm³/mol. The lowest BCUT2D eigenvalue weighted by Crippen LogP contribution is -2.59. The summed E-state index contributed by atoms with van der Waals surface area (Å²) in [6.45, 7) is 11.3. The lowest BCUT2D eigenvalue weighted by atomic mass is 9.67. The third-order valence-corrected chi connectivity index (χ3v) is 14.8. The lowest BCUT2D eigenvalue weighted by molar-refractivity contribution is -0.314. The van der Waals surface area contributed by atoms with E-state index < -0.39 is 18.3 Å². The first-order valence-corrected chi connectivity index (χ1v) is 22.5. The Morgan fingerprint density at radius 3 is 2.24 bits per heavy atom. The van der Waals surface area contributed by atoms with Gasteiger partial charge in [0, 0.05) is 45.8 Å². The Morgan fingerprint density at radius 2 is 1.54 bits per heavy atom. The molecule has 0 spiro atoms. The van der Waals surface area contributed by atoms with Gasteiger partial charge in [0.25, 0.3) is 0 Å². The van der Waals surface area contributed by atoms with Crippen molar-refractivity contribution in [3.05, 3.63) is 59.2 Å². The number of esters is 1. The summed E-state index contributed by atoms with van der Waals surface area (Å²) in [6, 6.07) is 10.8. The van der Waals surface area contributed by atoms with Crippen molar-refractivity contribution in [1.29, 1.82) is 0 Å². The Labute approximate surface area is 352 Å². The number of benzene rings is 1. The van der Waals surface area contributed by atoms with Crippen LogP contribution >= 0.6 is 0 Å². The van der Waals surface area contributed by atoms with Gasteiger partial charge in [0.1, 0.15) is 24.4 Å². The van der Waals surface area contributed by atoms with Crippen molar-refractivity contribution in [2.24, 2.45) is 35.5 Å². The van der Waals surface area contributed by atoms with Crippen molar-refractivity contribution < 1.29 is 47.5 Å². The number of nitrogens with zero attached hydrogens (tertiary/aromatic N) is 1. The first-order valence-electron chi connectivity index (χ1n) is 22.5. The van der Waals surface area contributed by atoms with E-state index in [0.29, 0.717) is 12.3 Å². The van der Waals surface area contributed by atoms with Gasteiger partial charge in [0.15, 0.2) is 18.4 Å². The molecule has 17 atom stereocenters. The van der Waals surface area contributed by atoms with Crippen molar-refractivity contribution in [3.63, 3.8) is 0 Å². The number of cyclic esters (lactones) is 1. The third-order valence-electron chi connectivity index (χ3n) is 14.8. The minimum atomic E-state index is -0.605. The quantitative estimate of drug-likeness (QED) is 0.164. The molecule has 0 bridgehead atoms. The maximum Gasteiger partial charge on any atom is 0.306 e. The number of hydrogen-bond donors (Lipinski definition) is 0. The number of allylic oxidation sites excluding steroid dienone is 4. The van der Waals surface area contributed by atoms with Gasteiger partial charge in [-0.3, -0.25) is 14.5 Å². The van der Waals surface area contributed by atoms with E-state index in [0.717, 1.165) is 57.1 Å². The van der Waals surface area contributed by atoms with Crippen LogP contribution in [0.15, 0.2) is 53.6 Å². The number of ketones is 1. The zero-order valence-electron chi connectivity index (χ0n) is 37.0. The SMILES string of the molecule is CC[C@H]1CCC[C@H](O[C@H]2CC[C@H](N(C)Cc3ccccc3)C(C)O2)[C@@H](C)C(=O)C2=C[C@@H]3[C@@H](C=C(C)[C@@H]4C[C@@H](O[C@@H]5OC(C)[C@H](OC)C(OC)[C@@H]5OC)C[C@@H]34)[C@@H]2CC(=O)O1. The molecule has 11 heteroatoms. The zero-order valence-corrected chi connectivity index (χ0v) is 37.0. The van der Waals surface area contributed by atoms with Crippen molar-refractivity contribution >= 4 is 11.8 Å². The highest BCUT2D eigenvalue weighted by Gasteiger charge is 2.54. The summed E-state index contributed by atoms with van der Waals surface area (Å²) in [5, 5.41) is 0. The average Bonchev–Trinajstić information content (AvgIpc) is 3.81. The molecule has 3 unspecified atom stereocenters. The van der Waals surface area contributed by atoms with E-state index in [1.807, 2.05) is 19.9 Å². The highest BCUT2D eigenvalue weighted by molar-refractivity contribution is 5.99. The minimum absolute atomic E-state index is 0.0204. The van der Waals surface area contributed by atoms with Gasteiger partial charge in [-0.2, -0.15) is 0 Å². The molecular formula is C48H71NO10. The van der Waals surface area contributed by atoms with Crippen LogP contribution < -0.4 is 0 Å².